The molecule has 0 aliphatic heterocycles. The highest BCUT2D eigenvalue weighted by atomic mass is 14.8. The lowest BCUT2D eigenvalue weighted by molar-refractivity contribution is 0.467. The predicted octanol–water partition coefficient (Wildman–Crippen LogP) is 2.28. The molecule has 0 spiro atoms. The smallest absolute Gasteiger partial charge is 0.0372 e. The van der Waals surface area contributed by atoms with Crippen molar-refractivity contribution in [3.05, 3.63) is 29.6 Å². The third kappa shape index (κ3) is 2.81. The van der Waals surface area contributed by atoms with Gasteiger partial charge in [0.25, 0.3) is 0 Å². The fourth-order valence-electron chi connectivity index (χ4n) is 1.45. The second-order valence-corrected chi connectivity index (χ2v) is 4.43. The molecule has 1 N–H and O–H groups in total. The largest absolute Gasteiger partial charge is 0.320 e. The van der Waals surface area contributed by atoms with Crippen LogP contribution in [0.15, 0.2) is 18.3 Å². The first-order valence-electron chi connectivity index (χ1n) is 5.14. The number of aromatic nitrogens is 1. The van der Waals surface area contributed by atoms with Gasteiger partial charge in [0.15, 0.2) is 0 Å². The molecule has 0 aliphatic rings. The van der Waals surface area contributed by atoms with E-state index in [-0.39, 0.29) is 5.41 Å². The van der Waals surface area contributed by atoms with Crippen molar-refractivity contribution in [2.24, 2.45) is 0 Å². The normalized spacial score (nSPS) is 11.7. The van der Waals surface area contributed by atoms with E-state index < -0.39 is 0 Å². The lowest BCUT2D eigenvalue weighted by atomic mass is 9.82. The van der Waals surface area contributed by atoms with Crippen molar-refractivity contribution in [3.63, 3.8) is 0 Å². The van der Waals surface area contributed by atoms with Gasteiger partial charge in [-0.3, -0.25) is 4.98 Å². The summed E-state index contributed by atoms with van der Waals surface area (Å²) in [5.41, 5.74) is 2.61. The maximum absolute atomic E-state index is 4.33. The zero-order chi connectivity index (χ0) is 10.6. The van der Waals surface area contributed by atoms with Crippen LogP contribution >= 0.6 is 0 Å². The van der Waals surface area contributed by atoms with Crippen molar-refractivity contribution in [2.45, 2.75) is 32.6 Å². The molecule has 0 saturated carbocycles. The predicted molar refractivity (Wildman–Crippen MR) is 60.5 cm³/mol. The highest BCUT2D eigenvalue weighted by Crippen LogP contribution is 2.25. The number of hydrogen-bond acceptors (Lipinski definition) is 2. The highest BCUT2D eigenvalue weighted by Gasteiger charge is 2.19. The van der Waals surface area contributed by atoms with Crippen molar-refractivity contribution in [2.75, 3.05) is 13.6 Å². The Bertz CT molecular complexity index is 275. The molecule has 1 aromatic rings. The summed E-state index contributed by atoms with van der Waals surface area (Å²) in [5, 5.41) is 3.18. The monoisotopic (exact) mass is 192 g/mol. The SMILES string of the molecule is CNCCC(C)(C)c1ccc(C)nc1. The fraction of sp³-hybridized carbons (Fsp3) is 0.583. The molecular formula is C12H20N2. The first-order chi connectivity index (χ1) is 6.56. The lowest BCUT2D eigenvalue weighted by Crippen LogP contribution is -2.23. The van der Waals surface area contributed by atoms with E-state index in [2.05, 4.69) is 36.3 Å². The number of nitrogens with one attached hydrogen (secondary N) is 1. The van der Waals surface area contributed by atoms with Crippen LogP contribution in [0.25, 0.3) is 0 Å². The summed E-state index contributed by atoms with van der Waals surface area (Å²) >= 11 is 0. The fourth-order valence-corrected chi connectivity index (χ4v) is 1.45. The van der Waals surface area contributed by atoms with E-state index in [0.717, 1.165) is 18.7 Å². The van der Waals surface area contributed by atoms with Gasteiger partial charge >= 0.3 is 0 Å². The van der Waals surface area contributed by atoms with Crippen LogP contribution in [0.5, 0.6) is 0 Å². The molecule has 0 bridgehead atoms. The molecule has 1 heterocycles. The Morgan fingerprint density at radius 1 is 1.36 bits per heavy atom. The third-order valence-corrected chi connectivity index (χ3v) is 2.69. The molecule has 0 amide bonds. The topological polar surface area (TPSA) is 24.9 Å². The molecule has 1 rings (SSSR count). The van der Waals surface area contributed by atoms with Gasteiger partial charge in [-0.25, -0.2) is 0 Å². The number of nitrogens with zero attached hydrogens (tertiary/aromatic N) is 1. The summed E-state index contributed by atoms with van der Waals surface area (Å²) in [6.07, 6.45) is 3.12. The zero-order valence-corrected chi connectivity index (χ0v) is 9.59. The van der Waals surface area contributed by atoms with Crippen LogP contribution in [0.2, 0.25) is 0 Å². The Morgan fingerprint density at radius 3 is 2.57 bits per heavy atom. The van der Waals surface area contributed by atoms with Crippen LogP contribution in [0.1, 0.15) is 31.5 Å². The molecule has 0 fully saturated rings. The van der Waals surface area contributed by atoms with E-state index in [1.54, 1.807) is 0 Å². The summed E-state index contributed by atoms with van der Waals surface area (Å²) in [6, 6.07) is 4.26. The molecule has 0 saturated heterocycles. The molecule has 2 nitrogen and oxygen atoms in total. The minimum Gasteiger partial charge on any atom is -0.320 e. The van der Waals surface area contributed by atoms with Gasteiger partial charge in [0.2, 0.25) is 0 Å². The van der Waals surface area contributed by atoms with Gasteiger partial charge in [-0.05, 0) is 44.0 Å². The van der Waals surface area contributed by atoms with Crippen molar-refractivity contribution in [1.29, 1.82) is 0 Å². The summed E-state index contributed by atoms with van der Waals surface area (Å²) in [5.74, 6) is 0. The van der Waals surface area contributed by atoms with E-state index >= 15 is 0 Å². The van der Waals surface area contributed by atoms with Crippen molar-refractivity contribution in [3.8, 4) is 0 Å². The van der Waals surface area contributed by atoms with E-state index in [4.69, 9.17) is 0 Å². The Balaban J connectivity index is 2.75. The van der Waals surface area contributed by atoms with Gasteiger partial charge in [0, 0.05) is 11.9 Å². The van der Waals surface area contributed by atoms with Crippen LogP contribution < -0.4 is 5.32 Å². The minimum atomic E-state index is 0.212. The average molecular weight is 192 g/mol. The molecule has 1 aromatic heterocycles. The molecule has 0 atom stereocenters. The molecule has 0 aliphatic carbocycles. The lowest BCUT2D eigenvalue weighted by Gasteiger charge is -2.24. The number of aryl methyl sites for hydroxylation is 1. The van der Waals surface area contributed by atoms with Gasteiger partial charge in [-0.1, -0.05) is 19.9 Å². The van der Waals surface area contributed by atoms with Crippen LogP contribution in [0, 0.1) is 6.92 Å². The van der Waals surface area contributed by atoms with E-state index in [1.807, 2.05) is 20.2 Å². The average Bonchev–Trinajstić information content (AvgIpc) is 2.16. The molecule has 78 valence electrons. The van der Waals surface area contributed by atoms with Gasteiger partial charge in [-0.15, -0.1) is 0 Å². The standard InChI is InChI=1S/C12H20N2/c1-10-5-6-11(9-14-10)12(2,3)7-8-13-4/h5-6,9,13H,7-8H2,1-4H3. The van der Waals surface area contributed by atoms with E-state index in [1.165, 1.54) is 5.56 Å². The van der Waals surface area contributed by atoms with Crippen LogP contribution in [0.4, 0.5) is 0 Å². The summed E-state index contributed by atoms with van der Waals surface area (Å²) in [4.78, 5) is 4.33. The Hall–Kier alpha value is -0.890. The minimum absolute atomic E-state index is 0.212. The van der Waals surface area contributed by atoms with Crippen molar-refractivity contribution in [1.82, 2.24) is 10.3 Å². The van der Waals surface area contributed by atoms with Gasteiger partial charge in [0.05, 0.1) is 0 Å². The van der Waals surface area contributed by atoms with Crippen LogP contribution in [-0.4, -0.2) is 18.6 Å². The zero-order valence-electron chi connectivity index (χ0n) is 9.59. The second kappa shape index (κ2) is 4.56. The Kier molecular flexibility index (Phi) is 3.64. The molecular weight excluding hydrogens is 172 g/mol. The maximum atomic E-state index is 4.33. The summed E-state index contributed by atoms with van der Waals surface area (Å²) in [6.45, 7) is 7.58. The van der Waals surface area contributed by atoms with Crippen molar-refractivity contribution < 1.29 is 0 Å². The quantitative estimate of drug-likeness (QED) is 0.791. The highest BCUT2D eigenvalue weighted by molar-refractivity contribution is 5.21. The first kappa shape index (κ1) is 11.2. The molecule has 0 unspecified atom stereocenters. The van der Waals surface area contributed by atoms with E-state index in [0.29, 0.717) is 0 Å². The van der Waals surface area contributed by atoms with Gasteiger partial charge in [0.1, 0.15) is 0 Å². The molecule has 0 radical (unpaired) electrons. The summed E-state index contributed by atoms with van der Waals surface area (Å²) < 4.78 is 0. The van der Waals surface area contributed by atoms with Gasteiger partial charge in [-0.2, -0.15) is 0 Å². The van der Waals surface area contributed by atoms with Crippen LogP contribution in [0.3, 0.4) is 0 Å². The molecule has 2 heteroatoms. The number of hydrogen-bond donors (Lipinski definition) is 1. The Morgan fingerprint density at radius 2 is 2.07 bits per heavy atom. The Labute approximate surface area is 86.8 Å². The first-order valence-corrected chi connectivity index (χ1v) is 5.14. The number of pyridine rings is 1. The molecule has 14 heavy (non-hydrogen) atoms. The van der Waals surface area contributed by atoms with E-state index in [9.17, 15) is 0 Å². The maximum Gasteiger partial charge on any atom is 0.0372 e. The number of rotatable bonds is 4. The van der Waals surface area contributed by atoms with Crippen LogP contribution in [-0.2, 0) is 5.41 Å². The third-order valence-electron chi connectivity index (χ3n) is 2.69. The van der Waals surface area contributed by atoms with Gasteiger partial charge < -0.3 is 5.32 Å². The van der Waals surface area contributed by atoms with Crippen molar-refractivity contribution >= 4 is 0 Å². The second-order valence-electron chi connectivity index (χ2n) is 4.43. The molecule has 0 aromatic carbocycles. The summed E-state index contributed by atoms with van der Waals surface area (Å²) in [7, 11) is 1.99.